The number of amides is 1. The van der Waals surface area contributed by atoms with Crippen LogP contribution in [0.2, 0.25) is 0 Å². The van der Waals surface area contributed by atoms with Gasteiger partial charge in [-0.15, -0.1) is 0 Å². The summed E-state index contributed by atoms with van der Waals surface area (Å²) in [7, 11) is 1.83. The van der Waals surface area contributed by atoms with Gasteiger partial charge in [-0.25, -0.2) is 0 Å². The minimum absolute atomic E-state index is 0.0752. The third-order valence-electron chi connectivity index (χ3n) is 4.42. The van der Waals surface area contributed by atoms with Gasteiger partial charge < -0.3 is 15.3 Å². The van der Waals surface area contributed by atoms with E-state index in [2.05, 4.69) is 5.32 Å². The van der Waals surface area contributed by atoms with Gasteiger partial charge in [0.05, 0.1) is 0 Å². The first kappa shape index (κ1) is 13.8. The van der Waals surface area contributed by atoms with Crippen LogP contribution in [0, 0.1) is 11.8 Å². The van der Waals surface area contributed by atoms with Crippen molar-refractivity contribution in [3.8, 4) is 0 Å². The Morgan fingerprint density at radius 2 is 2.06 bits per heavy atom. The molecule has 1 aliphatic heterocycles. The largest absolute Gasteiger partial charge is 0.383 e. The van der Waals surface area contributed by atoms with Crippen LogP contribution in [-0.2, 0) is 4.79 Å². The highest BCUT2D eigenvalue weighted by molar-refractivity contribution is 5.80. The molecule has 0 aromatic carbocycles. The molecular formula is C14H26N2O2. The van der Waals surface area contributed by atoms with Gasteiger partial charge in [-0.1, -0.05) is 19.3 Å². The topological polar surface area (TPSA) is 52.6 Å². The Labute approximate surface area is 110 Å². The summed E-state index contributed by atoms with van der Waals surface area (Å²) in [5.74, 6) is 0.668. The molecule has 1 saturated carbocycles. The summed E-state index contributed by atoms with van der Waals surface area (Å²) in [6, 6.07) is 0. The number of aliphatic hydroxyl groups excluding tert-OH is 1. The average Bonchev–Trinajstić information content (AvgIpc) is 2.91. The van der Waals surface area contributed by atoms with Crippen LogP contribution < -0.4 is 5.32 Å². The second-order valence-corrected chi connectivity index (χ2v) is 5.92. The minimum atomic E-state index is -0.773. The van der Waals surface area contributed by atoms with Gasteiger partial charge in [0.15, 0.2) is 0 Å². The molecule has 2 aliphatic rings. The van der Waals surface area contributed by atoms with Crippen molar-refractivity contribution in [3.05, 3.63) is 0 Å². The number of aliphatic hydroxyl groups is 1. The lowest BCUT2D eigenvalue weighted by molar-refractivity contribution is -0.142. The average molecular weight is 254 g/mol. The van der Waals surface area contributed by atoms with E-state index in [0.717, 1.165) is 51.7 Å². The molecule has 1 unspecified atom stereocenters. The zero-order chi connectivity index (χ0) is 13.0. The second kappa shape index (κ2) is 6.53. The van der Waals surface area contributed by atoms with Crippen molar-refractivity contribution in [2.24, 2.45) is 11.8 Å². The highest BCUT2D eigenvalue weighted by atomic mass is 16.3. The number of likely N-dealkylation sites (N-methyl/N-ethyl adjacent to an activating group) is 1. The van der Waals surface area contributed by atoms with Gasteiger partial charge in [-0.3, -0.25) is 4.79 Å². The lowest BCUT2D eigenvalue weighted by Gasteiger charge is -2.30. The number of nitrogens with zero attached hydrogens (tertiary/aromatic N) is 1. The number of carbonyl (C=O) groups is 1. The van der Waals surface area contributed by atoms with E-state index in [9.17, 15) is 9.90 Å². The van der Waals surface area contributed by atoms with Gasteiger partial charge in [-0.2, -0.15) is 0 Å². The molecule has 1 amide bonds. The van der Waals surface area contributed by atoms with Crippen LogP contribution >= 0.6 is 0 Å². The van der Waals surface area contributed by atoms with Crippen LogP contribution in [0.1, 0.15) is 38.5 Å². The smallest absolute Gasteiger partial charge is 0.251 e. The van der Waals surface area contributed by atoms with E-state index in [-0.39, 0.29) is 11.8 Å². The van der Waals surface area contributed by atoms with Crippen molar-refractivity contribution in [1.82, 2.24) is 10.2 Å². The van der Waals surface area contributed by atoms with Gasteiger partial charge in [0, 0.05) is 13.6 Å². The summed E-state index contributed by atoms with van der Waals surface area (Å²) >= 11 is 0. The second-order valence-electron chi connectivity index (χ2n) is 5.92. The summed E-state index contributed by atoms with van der Waals surface area (Å²) in [4.78, 5) is 13.9. The highest BCUT2D eigenvalue weighted by Crippen LogP contribution is 2.27. The maximum Gasteiger partial charge on any atom is 0.251 e. The fourth-order valence-corrected chi connectivity index (χ4v) is 3.22. The molecule has 4 nitrogen and oxygen atoms in total. The Kier molecular flexibility index (Phi) is 5.01. The fourth-order valence-electron chi connectivity index (χ4n) is 3.22. The lowest BCUT2D eigenvalue weighted by atomic mass is 9.85. The Morgan fingerprint density at radius 3 is 2.67 bits per heavy atom. The first-order chi connectivity index (χ1) is 8.68. The third-order valence-corrected chi connectivity index (χ3v) is 4.42. The molecule has 2 atom stereocenters. The molecule has 1 saturated heterocycles. The number of hydrogen-bond acceptors (Lipinski definition) is 3. The fraction of sp³-hybridized carbons (Fsp3) is 0.929. The maximum atomic E-state index is 12.2. The first-order valence-electron chi connectivity index (χ1n) is 7.32. The molecule has 0 aromatic heterocycles. The molecule has 1 aliphatic carbocycles. The predicted molar refractivity (Wildman–Crippen MR) is 71.2 cm³/mol. The summed E-state index contributed by atoms with van der Waals surface area (Å²) in [5.41, 5.74) is 0. The van der Waals surface area contributed by atoms with Crippen LogP contribution in [0.3, 0.4) is 0 Å². The van der Waals surface area contributed by atoms with E-state index >= 15 is 0 Å². The van der Waals surface area contributed by atoms with Crippen molar-refractivity contribution < 1.29 is 9.90 Å². The quantitative estimate of drug-likeness (QED) is 0.787. The molecule has 0 aromatic rings. The van der Waals surface area contributed by atoms with Crippen LogP contribution in [0.4, 0.5) is 0 Å². The van der Waals surface area contributed by atoms with E-state index < -0.39 is 6.10 Å². The SMILES string of the molecule is CN(CC1CCNC1)C(=O)[C@@H](O)C1CCCCC1. The van der Waals surface area contributed by atoms with Crippen LogP contribution in [0.5, 0.6) is 0 Å². The summed E-state index contributed by atoms with van der Waals surface area (Å²) in [5, 5.41) is 13.5. The molecule has 2 fully saturated rings. The molecule has 2 N–H and O–H groups in total. The number of rotatable bonds is 4. The zero-order valence-corrected chi connectivity index (χ0v) is 11.4. The summed E-state index contributed by atoms with van der Waals surface area (Å²) in [6.07, 6.45) is 5.94. The van der Waals surface area contributed by atoms with E-state index in [0.29, 0.717) is 5.92 Å². The lowest BCUT2D eigenvalue weighted by Crippen LogP contribution is -2.43. The summed E-state index contributed by atoms with van der Waals surface area (Å²) in [6.45, 7) is 2.82. The first-order valence-corrected chi connectivity index (χ1v) is 7.32. The van der Waals surface area contributed by atoms with Gasteiger partial charge in [0.25, 0.3) is 5.91 Å². The standard InChI is InChI=1S/C14H26N2O2/c1-16(10-11-7-8-15-9-11)14(18)13(17)12-5-3-2-4-6-12/h11-13,15,17H,2-10H2,1H3/t11?,13-/m0/s1. The normalized spacial score (nSPS) is 27.1. The molecule has 2 rings (SSSR count). The van der Waals surface area contributed by atoms with Crippen LogP contribution in [-0.4, -0.2) is 48.7 Å². The van der Waals surface area contributed by atoms with E-state index in [1.54, 1.807) is 4.90 Å². The predicted octanol–water partition coefficient (Wildman–Crippen LogP) is 0.995. The van der Waals surface area contributed by atoms with E-state index in [1.807, 2.05) is 7.05 Å². The van der Waals surface area contributed by atoms with Crippen molar-refractivity contribution in [2.75, 3.05) is 26.7 Å². The molecule has 4 heteroatoms. The van der Waals surface area contributed by atoms with Crippen molar-refractivity contribution in [3.63, 3.8) is 0 Å². The zero-order valence-electron chi connectivity index (χ0n) is 11.4. The molecule has 1 heterocycles. The molecule has 0 radical (unpaired) electrons. The van der Waals surface area contributed by atoms with Crippen LogP contribution in [0.25, 0.3) is 0 Å². The van der Waals surface area contributed by atoms with Crippen LogP contribution in [0.15, 0.2) is 0 Å². The molecule has 18 heavy (non-hydrogen) atoms. The molecular weight excluding hydrogens is 228 g/mol. The molecule has 0 bridgehead atoms. The van der Waals surface area contributed by atoms with E-state index in [4.69, 9.17) is 0 Å². The Morgan fingerprint density at radius 1 is 1.33 bits per heavy atom. The van der Waals surface area contributed by atoms with Crippen molar-refractivity contribution in [2.45, 2.75) is 44.6 Å². The minimum Gasteiger partial charge on any atom is -0.383 e. The van der Waals surface area contributed by atoms with Gasteiger partial charge >= 0.3 is 0 Å². The monoisotopic (exact) mass is 254 g/mol. The Balaban J connectivity index is 1.80. The third kappa shape index (κ3) is 3.45. The van der Waals surface area contributed by atoms with Gasteiger partial charge in [0.2, 0.25) is 0 Å². The summed E-state index contributed by atoms with van der Waals surface area (Å²) < 4.78 is 0. The number of nitrogens with one attached hydrogen (secondary N) is 1. The number of carbonyl (C=O) groups excluding carboxylic acids is 1. The van der Waals surface area contributed by atoms with E-state index in [1.165, 1.54) is 6.42 Å². The molecule has 0 spiro atoms. The Hall–Kier alpha value is -0.610. The Bertz CT molecular complexity index is 271. The number of hydrogen-bond donors (Lipinski definition) is 2. The van der Waals surface area contributed by atoms with Crippen molar-refractivity contribution in [1.29, 1.82) is 0 Å². The van der Waals surface area contributed by atoms with Gasteiger partial charge in [0.1, 0.15) is 6.10 Å². The molecule has 104 valence electrons. The van der Waals surface area contributed by atoms with Crippen molar-refractivity contribution >= 4 is 5.91 Å². The van der Waals surface area contributed by atoms with Gasteiger partial charge in [-0.05, 0) is 44.2 Å². The highest BCUT2D eigenvalue weighted by Gasteiger charge is 2.30. The maximum absolute atomic E-state index is 12.2.